The minimum Gasteiger partial charge on any atom is -0.329 e. The Morgan fingerprint density at radius 2 is 1.76 bits per heavy atom. The van der Waals surface area contributed by atoms with Crippen LogP contribution in [-0.2, 0) is 6.54 Å². The number of anilines is 2. The zero-order valence-corrected chi connectivity index (χ0v) is 12.4. The van der Waals surface area contributed by atoms with Crippen molar-refractivity contribution in [1.82, 2.24) is 4.98 Å². The number of nitrogens with two attached hydrogens (primary N) is 1. The highest BCUT2D eigenvalue weighted by molar-refractivity contribution is 5.85. The lowest BCUT2D eigenvalue weighted by atomic mass is 10.1. The van der Waals surface area contributed by atoms with Crippen molar-refractivity contribution in [2.24, 2.45) is 5.73 Å². The van der Waals surface area contributed by atoms with Crippen LogP contribution in [0.1, 0.15) is 11.1 Å². The molecule has 2 aromatic carbocycles. The molecular weight excluding hydrogens is 258 g/mol. The molecule has 21 heavy (non-hydrogen) atoms. The zero-order chi connectivity index (χ0) is 14.8. The van der Waals surface area contributed by atoms with E-state index in [0.29, 0.717) is 6.54 Å². The van der Waals surface area contributed by atoms with Crippen molar-refractivity contribution in [3.63, 3.8) is 0 Å². The molecule has 106 valence electrons. The van der Waals surface area contributed by atoms with Crippen LogP contribution in [-0.4, -0.2) is 12.0 Å². The molecule has 0 bridgehead atoms. The average Bonchev–Trinajstić information content (AvgIpc) is 2.53. The quantitative estimate of drug-likeness (QED) is 0.792. The number of aryl methyl sites for hydroxylation is 1. The van der Waals surface area contributed by atoms with Gasteiger partial charge in [-0.25, -0.2) is 4.98 Å². The largest absolute Gasteiger partial charge is 0.329 e. The van der Waals surface area contributed by atoms with Crippen LogP contribution in [0.25, 0.3) is 10.9 Å². The summed E-state index contributed by atoms with van der Waals surface area (Å²) in [5.41, 5.74) is 10.4. The van der Waals surface area contributed by atoms with E-state index in [1.54, 1.807) is 0 Å². The number of aromatic nitrogens is 1. The zero-order valence-electron chi connectivity index (χ0n) is 12.4. The summed E-state index contributed by atoms with van der Waals surface area (Å²) in [7, 11) is 2.04. The topological polar surface area (TPSA) is 42.1 Å². The highest BCUT2D eigenvalue weighted by Gasteiger charge is 2.11. The van der Waals surface area contributed by atoms with Gasteiger partial charge in [-0.1, -0.05) is 36.4 Å². The Labute approximate surface area is 125 Å². The first kappa shape index (κ1) is 13.6. The lowest BCUT2D eigenvalue weighted by molar-refractivity contribution is 1.06. The van der Waals surface area contributed by atoms with Crippen molar-refractivity contribution in [2.75, 3.05) is 11.9 Å². The van der Waals surface area contributed by atoms with E-state index in [1.807, 2.05) is 37.4 Å². The fraction of sp³-hybridized carbons (Fsp3) is 0.167. The van der Waals surface area contributed by atoms with Gasteiger partial charge >= 0.3 is 0 Å². The van der Waals surface area contributed by atoms with Crippen LogP contribution in [0.2, 0.25) is 0 Å². The molecular formula is C18H19N3. The van der Waals surface area contributed by atoms with Crippen LogP contribution in [0.4, 0.5) is 11.5 Å². The van der Waals surface area contributed by atoms with Gasteiger partial charge in [0.2, 0.25) is 0 Å². The van der Waals surface area contributed by atoms with Gasteiger partial charge in [0.25, 0.3) is 0 Å². The third-order valence-electron chi connectivity index (χ3n) is 3.83. The molecule has 0 amide bonds. The summed E-state index contributed by atoms with van der Waals surface area (Å²) in [6, 6.07) is 18.5. The molecule has 2 N–H and O–H groups in total. The number of hydrogen-bond donors (Lipinski definition) is 1. The van der Waals surface area contributed by atoms with Gasteiger partial charge in [-0.2, -0.15) is 0 Å². The van der Waals surface area contributed by atoms with Gasteiger partial charge in [-0.15, -0.1) is 0 Å². The number of pyridine rings is 1. The van der Waals surface area contributed by atoms with Gasteiger partial charge in [0.15, 0.2) is 0 Å². The second kappa shape index (κ2) is 5.54. The van der Waals surface area contributed by atoms with E-state index in [9.17, 15) is 0 Å². The van der Waals surface area contributed by atoms with Gasteiger partial charge in [-0.3, -0.25) is 0 Å². The summed E-state index contributed by atoms with van der Waals surface area (Å²) in [6.45, 7) is 2.62. The molecule has 0 radical (unpaired) electrons. The highest BCUT2D eigenvalue weighted by atomic mass is 15.2. The van der Waals surface area contributed by atoms with E-state index in [2.05, 4.69) is 36.1 Å². The predicted octanol–water partition coefficient (Wildman–Crippen LogP) is 3.77. The number of fused-ring (bicyclic) bond motifs is 1. The molecule has 0 atom stereocenters. The van der Waals surface area contributed by atoms with Crippen molar-refractivity contribution in [1.29, 1.82) is 0 Å². The molecule has 0 saturated carbocycles. The maximum absolute atomic E-state index is 5.91. The predicted molar refractivity (Wildman–Crippen MR) is 88.9 cm³/mol. The lowest BCUT2D eigenvalue weighted by Gasteiger charge is -2.21. The van der Waals surface area contributed by atoms with Crippen molar-refractivity contribution in [3.8, 4) is 0 Å². The monoisotopic (exact) mass is 277 g/mol. The molecule has 1 heterocycles. The second-order valence-electron chi connectivity index (χ2n) is 5.21. The van der Waals surface area contributed by atoms with Crippen LogP contribution >= 0.6 is 0 Å². The number of benzene rings is 2. The molecule has 3 nitrogen and oxygen atoms in total. The Kier molecular flexibility index (Phi) is 3.59. The Bertz CT molecular complexity index is 780. The Hall–Kier alpha value is -2.39. The minimum atomic E-state index is 0.512. The van der Waals surface area contributed by atoms with Crippen LogP contribution in [0.5, 0.6) is 0 Å². The molecule has 0 spiro atoms. The summed E-state index contributed by atoms with van der Waals surface area (Å²) in [4.78, 5) is 6.88. The first-order valence-corrected chi connectivity index (χ1v) is 7.09. The summed E-state index contributed by atoms with van der Waals surface area (Å²) in [5.74, 6) is 0.920. The molecule has 0 fully saturated rings. The standard InChI is InChI=1S/C18H19N3/c1-13-7-3-6-10-17(13)21(2)18-11-14(12-19)15-8-4-5-9-16(15)20-18/h3-11H,12,19H2,1-2H3. The van der Waals surface area contributed by atoms with Crippen molar-refractivity contribution >= 4 is 22.4 Å². The molecule has 3 aromatic rings. The summed E-state index contributed by atoms with van der Waals surface area (Å²) >= 11 is 0. The SMILES string of the molecule is Cc1ccccc1N(C)c1cc(CN)c2ccccc2n1. The van der Waals surface area contributed by atoms with Gasteiger partial charge in [0, 0.05) is 24.7 Å². The summed E-state index contributed by atoms with van der Waals surface area (Å²) in [5, 5.41) is 1.13. The third-order valence-corrected chi connectivity index (χ3v) is 3.83. The Balaban J connectivity index is 2.14. The van der Waals surface area contributed by atoms with Crippen LogP contribution in [0.15, 0.2) is 54.6 Å². The van der Waals surface area contributed by atoms with Gasteiger partial charge in [0.1, 0.15) is 5.82 Å². The van der Waals surface area contributed by atoms with E-state index in [4.69, 9.17) is 10.7 Å². The molecule has 0 aliphatic heterocycles. The normalized spacial score (nSPS) is 10.8. The van der Waals surface area contributed by atoms with Gasteiger partial charge < -0.3 is 10.6 Å². The molecule has 0 aliphatic rings. The maximum atomic E-state index is 5.91. The van der Waals surface area contributed by atoms with Gasteiger partial charge in [0.05, 0.1) is 5.52 Å². The van der Waals surface area contributed by atoms with Crippen LogP contribution in [0, 0.1) is 6.92 Å². The lowest BCUT2D eigenvalue weighted by Crippen LogP contribution is -2.13. The van der Waals surface area contributed by atoms with Crippen molar-refractivity contribution in [2.45, 2.75) is 13.5 Å². The minimum absolute atomic E-state index is 0.512. The fourth-order valence-electron chi connectivity index (χ4n) is 2.64. The number of rotatable bonds is 3. The third kappa shape index (κ3) is 2.48. The van der Waals surface area contributed by atoms with Crippen LogP contribution < -0.4 is 10.6 Å². The molecule has 0 unspecified atom stereocenters. The molecule has 3 rings (SSSR count). The summed E-state index contributed by atoms with van der Waals surface area (Å²) in [6.07, 6.45) is 0. The van der Waals surface area contributed by atoms with E-state index in [1.165, 1.54) is 5.56 Å². The van der Waals surface area contributed by atoms with E-state index >= 15 is 0 Å². The van der Waals surface area contributed by atoms with E-state index < -0.39 is 0 Å². The first-order chi connectivity index (χ1) is 10.2. The smallest absolute Gasteiger partial charge is 0.133 e. The van der Waals surface area contributed by atoms with Gasteiger partial charge in [-0.05, 0) is 36.2 Å². The fourth-order valence-corrected chi connectivity index (χ4v) is 2.64. The number of nitrogens with zero attached hydrogens (tertiary/aromatic N) is 2. The number of hydrogen-bond acceptors (Lipinski definition) is 3. The second-order valence-corrected chi connectivity index (χ2v) is 5.21. The Morgan fingerprint density at radius 3 is 2.52 bits per heavy atom. The molecule has 0 saturated heterocycles. The first-order valence-electron chi connectivity index (χ1n) is 7.09. The van der Waals surface area contributed by atoms with Crippen molar-refractivity contribution in [3.05, 3.63) is 65.7 Å². The van der Waals surface area contributed by atoms with Crippen LogP contribution in [0.3, 0.4) is 0 Å². The maximum Gasteiger partial charge on any atom is 0.133 e. The van der Waals surface area contributed by atoms with E-state index in [-0.39, 0.29) is 0 Å². The number of para-hydroxylation sites is 2. The Morgan fingerprint density at radius 1 is 1.05 bits per heavy atom. The van der Waals surface area contributed by atoms with Crippen molar-refractivity contribution < 1.29 is 0 Å². The highest BCUT2D eigenvalue weighted by Crippen LogP contribution is 2.28. The summed E-state index contributed by atoms with van der Waals surface area (Å²) < 4.78 is 0. The molecule has 0 aliphatic carbocycles. The van der Waals surface area contributed by atoms with E-state index in [0.717, 1.165) is 28.0 Å². The average molecular weight is 277 g/mol. The molecule has 3 heteroatoms. The molecule has 1 aromatic heterocycles.